The summed E-state index contributed by atoms with van der Waals surface area (Å²) in [6.07, 6.45) is 9.74. The van der Waals surface area contributed by atoms with Crippen LogP contribution >= 0.6 is 0 Å². The molecule has 12 N–H and O–H groups in total. The van der Waals surface area contributed by atoms with Gasteiger partial charge in [-0.3, -0.25) is 4.79 Å². The molecule has 3 heterocycles. The maximum atomic E-state index is 13.2. The minimum absolute atomic E-state index is 0.220. The van der Waals surface area contributed by atoms with Crippen LogP contribution in [0.4, 0.5) is 0 Å². The lowest BCUT2D eigenvalue weighted by Gasteiger charge is -2.48. The standard InChI is InChI=1S/C52H91NO18/c1-3-5-7-9-11-13-15-17-18-20-22-24-26-28-30-40(58)53-35(36(57)29-27-25-23-21-19-16-14-12-10-8-6-4-2)34-66-50-46(64)43(61)48(38(32-55)68-50)71-52-47(65)44(62)49(39(33-56)69-52)70-51-45(63)42(60)41(59)37(31-54)67-51/h10,12,15,17,19,21,27,29,35-39,41-52,54-57,59-65H,3-9,11,13-14,16,18,20,22-26,28,30-34H2,1-2H3,(H,53,58)/b12-10+,17-15-,21-19+,29-27+. The van der Waals surface area contributed by atoms with Gasteiger partial charge in [0.15, 0.2) is 18.9 Å². The molecule has 0 bridgehead atoms. The summed E-state index contributed by atoms with van der Waals surface area (Å²) in [7, 11) is 0. The number of unbranched alkanes of at least 4 members (excludes halogenated alkanes) is 14. The Morgan fingerprint density at radius 3 is 1.45 bits per heavy atom. The van der Waals surface area contributed by atoms with Gasteiger partial charge in [0.2, 0.25) is 5.91 Å². The van der Waals surface area contributed by atoms with Crippen molar-refractivity contribution in [1.82, 2.24) is 5.32 Å². The molecule has 17 unspecified atom stereocenters. The summed E-state index contributed by atoms with van der Waals surface area (Å²) in [5, 5.41) is 120. The number of hydrogen-bond acceptors (Lipinski definition) is 18. The van der Waals surface area contributed by atoms with Crippen LogP contribution in [-0.2, 0) is 33.2 Å². The highest BCUT2D eigenvalue weighted by Gasteiger charge is 2.53. The van der Waals surface area contributed by atoms with Crippen molar-refractivity contribution >= 4 is 5.91 Å². The van der Waals surface area contributed by atoms with Crippen molar-refractivity contribution in [3.8, 4) is 0 Å². The minimum atomic E-state index is -1.98. The molecule has 0 aromatic heterocycles. The molecule has 3 rings (SSSR count). The van der Waals surface area contributed by atoms with E-state index in [1.807, 2.05) is 6.08 Å². The molecule has 0 spiro atoms. The van der Waals surface area contributed by atoms with Crippen LogP contribution in [0.5, 0.6) is 0 Å². The van der Waals surface area contributed by atoms with E-state index >= 15 is 0 Å². The number of amides is 1. The Balaban J connectivity index is 1.57. The van der Waals surface area contributed by atoms with Crippen LogP contribution in [0.1, 0.15) is 142 Å². The normalized spacial score (nSPS) is 32.7. The van der Waals surface area contributed by atoms with E-state index in [1.54, 1.807) is 6.08 Å². The fourth-order valence-electron chi connectivity index (χ4n) is 8.61. The van der Waals surface area contributed by atoms with Gasteiger partial charge >= 0.3 is 0 Å². The number of carbonyl (C=O) groups excluding carboxylic acids is 1. The number of nitrogens with one attached hydrogen (secondary N) is 1. The number of aliphatic hydroxyl groups excluding tert-OH is 11. The van der Waals surface area contributed by atoms with E-state index in [1.165, 1.54) is 44.9 Å². The Bertz CT molecular complexity index is 1500. The average Bonchev–Trinajstić information content (AvgIpc) is 3.36. The number of allylic oxidation sites excluding steroid dienone is 7. The Hall–Kier alpha value is -2.25. The smallest absolute Gasteiger partial charge is 0.220 e. The van der Waals surface area contributed by atoms with E-state index in [-0.39, 0.29) is 18.9 Å². The monoisotopic (exact) mass is 1020 g/mol. The molecule has 19 heteroatoms. The van der Waals surface area contributed by atoms with Crippen molar-refractivity contribution in [1.29, 1.82) is 0 Å². The summed E-state index contributed by atoms with van der Waals surface area (Å²) in [5.41, 5.74) is 0. The van der Waals surface area contributed by atoms with E-state index < -0.39 is 124 Å². The molecule has 0 radical (unpaired) electrons. The van der Waals surface area contributed by atoms with Crippen molar-refractivity contribution in [3.63, 3.8) is 0 Å². The first-order chi connectivity index (χ1) is 34.3. The van der Waals surface area contributed by atoms with Gasteiger partial charge in [0.1, 0.15) is 73.2 Å². The summed E-state index contributed by atoms with van der Waals surface area (Å²) in [5.74, 6) is -0.304. The maximum absolute atomic E-state index is 13.2. The van der Waals surface area contributed by atoms with Crippen LogP contribution in [-0.4, -0.2) is 193 Å². The van der Waals surface area contributed by atoms with Gasteiger partial charge in [-0.2, -0.15) is 0 Å². The molecule has 0 saturated carbocycles. The van der Waals surface area contributed by atoms with Crippen LogP contribution in [0.15, 0.2) is 48.6 Å². The van der Waals surface area contributed by atoms with Gasteiger partial charge < -0.3 is 89.9 Å². The second-order valence-corrected chi connectivity index (χ2v) is 19.0. The molecule has 3 aliphatic heterocycles. The molecule has 17 atom stereocenters. The molecule has 1 amide bonds. The molecular weight excluding hydrogens is 927 g/mol. The fraction of sp³-hybridized carbons (Fsp3) is 0.827. The lowest BCUT2D eigenvalue weighted by Crippen LogP contribution is -2.66. The van der Waals surface area contributed by atoms with Crippen LogP contribution in [0, 0.1) is 0 Å². The van der Waals surface area contributed by atoms with Gasteiger partial charge in [-0.15, -0.1) is 0 Å². The maximum Gasteiger partial charge on any atom is 0.220 e. The third kappa shape index (κ3) is 22.2. The molecular formula is C52H91NO18. The first kappa shape index (κ1) is 63.0. The SMILES string of the molecule is CCCC/C=C/CC/C=C/CC/C=C/C(O)C(COC1OC(CO)C(OC2OC(CO)C(OC3OC(CO)C(O)C(O)C3O)C(O)C2O)C(O)C1O)NC(=O)CCCCCCC/C=C\CCCCCCC. The van der Waals surface area contributed by atoms with Gasteiger partial charge in [0, 0.05) is 6.42 Å². The van der Waals surface area contributed by atoms with Crippen LogP contribution < -0.4 is 5.32 Å². The molecule has 3 aliphatic rings. The second kappa shape index (κ2) is 36.7. The summed E-state index contributed by atoms with van der Waals surface area (Å²) in [4.78, 5) is 13.2. The van der Waals surface area contributed by atoms with Crippen LogP contribution in [0.25, 0.3) is 0 Å². The highest BCUT2D eigenvalue weighted by atomic mass is 16.8. The molecule has 0 aliphatic carbocycles. The largest absolute Gasteiger partial charge is 0.394 e. The number of carbonyl (C=O) groups is 1. The van der Waals surface area contributed by atoms with Gasteiger partial charge in [-0.25, -0.2) is 0 Å². The van der Waals surface area contributed by atoms with E-state index in [0.717, 1.165) is 64.2 Å². The van der Waals surface area contributed by atoms with E-state index in [9.17, 15) is 61.0 Å². The third-order valence-electron chi connectivity index (χ3n) is 13.1. The number of ether oxygens (including phenoxy) is 6. The zero-order valence-electron chi connectivity index (χ0n) is 42.2. The number of rotatable bonds is 36. The third-order valence-corrected chi connectivity index (χ3v) is 13.1. The summed E-state index contributed by atoms with van der Waals surface area (Å²) < 4.78 is 34.1. The molecule has 0 aromatic carbocycles. The topological polar surface area (TPSA) is 307 Å². The van der Waals surface area contributed by atoms with Crippen LogP contribution in [0.2, 0.25) is 0 Å². The zero-order chi connectivity index (χ0) is 52.0. The van der Waals surface area contributed by atoms with Gasteiger partial charge in [-0.1, -0.05) is 120 Å². The predicted octanol–water partition coefficient (Wildman–Crippen LogP) is 2.36. The Kier molecular flexibility index (Phi) is 32.5. The van der Waals surface area contributed by atoms with Crippen molar-refractivity contribution in [2.45, 2.75) is 247 Å². The Morgan fingerprint density at radius 2 is 0.915 bits per heavy atom. The molecule has 3 saturated heterocycles. The van der Waals surface area contributed by atoms with Gasteiger partial charge in [0.05, 0.1) is 38.6 Å². The average molecular weight is 1020 g/mol. The summed E-state index contributed by atoms with van der Waals surface area (Å²) in [6.45, 7) is 1.58. The van der Waals surface area contributed by atoms with Crippen LogP contribution in [0.3, 0.4) is 0 Å². The van der Waals surface area contributed by atoms with Crippen molar-refractivity contribution in [2.24, 2.45) is 0 Å². The van der Waals surface area contributed by atoms with Gasteiger partial charge in [0.25, 0.3) is 0 Å². The predicted molar refractivity (Wildman–Crippen MR) is 263 cm³/mol. The Labute approximate surface area is 421 Å². The molecule has 0 aromatic rings. The molecule has 19 nitrogen and oxygen atoms in total. The number of hydrogen-bond donors (Lipinski definition) is 12. The van der Waals surface area contributed by atoms with Crippen molar-refractivity contribution < 1.29 is 89.4 Å². The molecule has 412 valence electrons. The van der Waals surface area contributed by atoms with E-state index in [2.05, 4.69) is 55.6 Å². The number of aliphatic hydroxyl groups is 11. The lowest BCUT2D eigenvalue weighted by molar-refractivity contribution is -0.379. The quantitative estimate of drug-likeness (QED) is 0.0317. The van der Waals surface area contributed by atoms with Gasteiger partial charge in [-0.05, 0) is 64.2 Å². The summed E-state index contributed by atoms with van der Waals surface area (Å²) in [6, 6.07) is -0.998. The Morgan fingerprint density at radius 1 is 0.493 bits per heavy atom. The minimum Gasteiger partial charge on any atom is -0.394 e. The zero-order valence-corrected chi connectivity index (χ0v) is 42.2. The first-order valence-electron chi connectivity index (χ1n) is 26.4. The molecule has 71 heavy (non-hydrogen) atoms. The van der Waals surface area contributed by atoms with Crippen molar-refractivity contribution in [2.75, 3.05) is 26.4 Å². The lowest BCUT2D eigenvalue weighted by atomic mass is 9.96. The highest BCUT2D eigenvalue weighted by Crippen LogP contribution is 2.33. The van der Waals surface area contributed by atoms with E-state index in [4.69, 9.17) is 28.4 Å². The van der Waals surface area contributed by atoms with E-state index in [0.29, 0.717) is 12.8 Å². The first-order valence-corrected chi connectivity index (χ1v) is 26.4. The van der Waals surface area contributed by atoms with Crippen molar-refractivity contribution in [3.05, 3.63) is 48.6 Å². The summed E-state index contributed by atoms with van der Waals surface area (Å²) >= 11 is 0. The fourth-order valence-corrected chi connectivity index (χ4v) is 8.61. The highest BCUT2D eigenvalue weighted by molar-refractivity contribution is 5.76. The molecule has 3 fully saturated rings. The second-order valence-electron chi connectivity index (χ2n) is 19.0.